The molecule has 0 aliphatic carbocycles. The van der Waals surface area contributed by atoms with Crippen LogP contribution in [0.3, 0.4) is 0 Å². The van der Waals surface area contributed by atoms with Crippen molar-refractivity contribution < 1.29 is 28.7 Å². The second kappa shape index (κ2) is 10.9. The van der Waals surface area contributed by atoms with Crippen LogP contribution in [-0.4, -0.2) is 58.8 Å². The first-order valence-corrected chi connectivity index (χ1v) is 11.2. The number of hydrogen-bond donors (Lipinski definition) is 5. The van der Waals surface area contributed by atoms with E-state index in [9.17, 15) is 19.4 Å². The molecule has 1 aliphatic heterocycles. The van der Waals surface area contributed by atoms with Gasteiger partial charge in [-0.05, 0) is 62.1 Å². The van der Waals surface area contributed by atoms with Crippen LogP contribution in [0.1, 0.15) is 27.8 Å². The van der Waals surface area contributed by atoms with E-state index in [2.05, 4.69) is 42.2 Å². The minimum atomic E-state index is -1.22. The molecule has 14 heteroatoms. The molecule has 1 aliphatic rings. The standard InChI is InChI=1S/C21H21BBrFN6O5/c1-30(33)20(27-13-5-6-16(24)15(23)11-13)18-19(29-35-28-18)25-8-9-26-21(31)14-4-2-3-12-7-10-34-22(32)17(12)14/h2-7,10-11,20,27,32-33H,8-9H2,1H3,(H,25,29)(H,26,31). The van der Waals surface area contributed by atoms with Gasteiger partial charge in [-0.1, -0.05) is 12.1 Å². The highest BCUT2D eigenvalue weighted by molar-refractivity contribution is 9.10. The van der Waals surface area contributed by atoms with E-state index in [0.717, 1.165) is 5.06 Å². The van der Waals surface area contributed by atoms with Crippen LogP contribution in [-0.2, 0) is 4.65 Å². The summed E-state index contributed by atoms with van der Waals surface area (Å²) in [5.41, 5.74) is 2.16. The third kappa shape index (κ3) is 5.62. The third-order valence-electron chi connectivity index (χ3n) is 5.16. The van der Waals surface area contributed by atoms with Crippen molar-refractivity contribution in [1.29, 1.82) is 0 Å². The Morgan fingerprint density at radius 2 is 2.11 bits per heavy atom. The molecular weight excluding hydrogens is 526 g/mol. The van der Waals surface area contributed by atoms with Gasteiger partial charge < -0.3 is 30.8 Å². The Labute approximate surface area is 208 Å². The summed E-state index contributed by atoms with van der Waals surface area (Å²) < 4.78 is 23.7. The van der Waals surface area contributed by atoms with Crippen molar-refractivity contribution in [3.8, 4) is 0 Å². The molecule has 0 saturated heterocycles. The van der Waals surface area contributed by atoms with E-state index < -0.39 is 19.1 Å². The van der Waals surface area contributed by atoms with Crippen molar-refractivity contribution in [2.24, 2.45) is 0 Å². The number of benzene rings is 2. The van der Waals surface area contributed by atoms with Crippen molar-refractivity contribution in [2.75, 3.05) is 30.8 Å². The molecule has 0 bridgehead atoms. The Morgan fingerprint density at radius 3 is 2.89 bits per heavy atom. The minimum absolute atomic E-state index is 0.208. The number of hydroxylamine groups is 2. The lowest BCUT2D eigenvalue weighted by Gasteiger charge is -2.23. The van der Waals surface area contributed by atoms with Gasteiger partial charge in [0.15, 0.2) is 17.7 Å². The zero-order chi connectivity index (χ0) is 24.9. The number of nitrogens with one attached hydrogen (secondary N) is 3. The SMILES string of the molecule is CN(O)C(Nc1ccc(F)c(Br)c1)c1nonc1NCCNC(=O)c1cccc2c1B(O)OC=C2. The quantitative estimate of drug-likeness (QED) is 0.117. The van der Waals surface area contributed by atoms with Gasteiger partial charge in [0.2, 0.25) is 0 Å². The number of carbonyl (C=O) groups is 1. The number of fused-ring (bicyclic) bond motifs is 1. The summed E-state index contributed by atoms with van der Waals surface area (Å²) in [7, 11) is 0.184. The molecule has 2 aromatic carbocycles. The first kappa shape index (κ1) is 24.7. The Kier molecular flexibility index (Phi) is 7.65. The lowest BCUT2D eigenvalue weighted by molar-refractivity contribution is -0.0969. The molecule has 2 heterocycles. The van der Waals surface area contributed by atoms with E-state index in [4.69, 9.17) is 9.28 Å². The van der Waals surface area contributed by atoms with Crippen molar-refractivity contribution in [2.45, 2.75) is 6.17 Å². The van der Waals surface area contributed by atoms with E-state index >= 15 is 0 Å². The molecule has 0 radical (unpaired) electrons. The number of carbonyl (C=O) groups excluding carboxylic acids is 1. The van der Waals surface area contributed by atoms with Gasteiger partial charge in [-0.15, -0.1) is 0 Å². The molecule has 1 aromatic heterocycles. The fourth-order valence-corrected chi connectivity index (χ4v) is 3.87. The highest BCUT2D eigenvalue weighted by Gasteiger charge is 2.29. The molecule has 1 atom stereocenters. The molecule has 35 heavy (non-hydrogen) atoms. The molecule has 11 nitrogen and oxygen atoms in total. The summed E-state index contributed by atoms with van der Waals surface area (Å²) in [6.45, 7) is 0.463. The number of amides is 1. The normalized spacial score (nSPS) is 13.3. The molecule has 1 unspecified atom stereocenters. The van der Waals surface area contributed by atoms with Gasteiger partial charge in [-0.25, -0.2) is 9.02 Å². The Hall–Kier alpha value is -3.46. The van der Waals surface area contributed by atoms with Crippen LogP contribution in [0.4, 0.5) is 15.9 Å². The predicted octanol–water partition coefficient (Wildman–Crippen LogP) is 1.93. The monoisotopic (exact) mass is 546 g/mol. The summed E-state index contributed by atoms with van der Waals surface area (Å²) in [6.07, 6.45) is 2.18. The first-order valence-electron chi connectivity index (χ1n) is 10.5. The van der Waals surface area contributed by atoms with Crippen LogP contribution in [0.25, 0.3) is 6.08 Å². The van der Waals surface area contributed by atoms with E-state index in [0.29, 0.717) is 22.3 Å². The van der Waals surface area contributed by atoms with Crippen molar-refractivity contribution >= 4 is 52.0 Å². The summed E-state index contributed by atoms with van der Waals surface area (Å²) in [4.78, 5) is 12.7. The zero-order valence-corrected chi connectivity index (χ0v) is 20.0. The summed E-state index contributed by atoms with van der Waals surface area (Å²) in [6, 6.07) is 9.40. The second-order valence-electron chi connectivity index (χ2n) is 7.53. The van der Waals surface area contributed by atoms with Crippen LogP contribution in [0.2, 0.25) is 0 Å². The van der Waals surface area contributed by atoms with Crippen LogP contribution in [0.15, 0.2) is 51.8 Å². The first-order chi connectivity index (χ1) is 16.8. The van der Waals surface area contributed by atoms with Gasteiger partial charge in [0.25, 0.3) is 5.91 Å². The average molecular weight is 547 g/mol. The molecule has 1 amide bonds. The zero-order valence-electron chi connectivity index (χ0n) is 18.4. The van der Waals surface area contributed by atoms with Crippen LogP contribution in [0.5, 0.6) is 0 Å². The topological polar surface area (TPSA) is 145 Å². The lowest BCUT2D eigenvalue weighted by Crippen LogP contribution is -2.42. The van der Waals surface area contributed by atoms with Gasteiger partial charge in [0.05, 0.1) is 10.7 Å². The number of rotatable bonds is 9. The number of halogens is 2. The van der Waals surface area contributed by atoms with Gasteiger partial charge in [-0.2, -0.15) is 5.06 Å². The predicted molar refractivity (Wildman–Crippen MR) is 129 cm³/mol. The van der Waals surface area contributed by atoms with Gasteiger partial charge in [-0.3, -0.25) is 4.79 Å². The molecule has 3 aromatic rings. The maximum atomic E-state index is 13.5. The van der Waals surface area contributed by atoms with Crippen LogP contribution >= 0.6 is 15.9 Å². The molecule has 0 spiro atoms. The molecule has 4 rings (SSSR count). The largest absolute Gasteiger partial charge is 0.561 e. The lowest BCUT2D eigenvalue weighted by atomic mass is 9.72. The van der Waals surface area contributed by atoms with Crippen molar-refractivity contribution in [3.63, 3.8) is 0 Å². The molecule has 5 N–H and O–H groups in total. The number of aromatic nitrogens is 2. The number of hydrogen-bond acceptors (Lipinski definition) is 10. The van der Waals surface area contributed by atoms with Gasteiger partial charge >= 0.3 is 7.12 Å². The van der Waals surface area contributed by atoms with E-state index in [-0.39, 0.29) is 35.0 Å². The van der Waals surface area contributed by atoms with E-state index in [1.54, 1.807) is 24.3 Å². The Balaban J connectivity index is 1.38. The number of nitrogens with zero attached hydrogens (tertiary/aromatic N) is 3. The molecular formula is C21H21BBrFN6O5. The third-order valence-corrected chi connectivity index (χ3v) is 5.77. The molecule has 0 fully saturated rings. The summed E-state index contributed by atoms with van der Waals surface area (Å²) in [5, 5.41) is 37.6. The highest BCUT2D eigenvalue weighted by Crippen LogP contribution is 2.27. The smallest absolute Gasteiger partial charge is 0.538 e. The Bertz CT molecular complexity index is 1240. The minimum Gasteiger partial charge on any atom is -0.538 e. The highest BCUT2D eigenvalue weighted by atomic mass is 79.9. The van der Waals surface area contributed by atoms with Gasteiger partial charge in [0.1, 0.15) is 5.82 Å². The van der Waals surface area contributed by atoms with E-state index in [1.807, 2.05) is 0 Å². The molecule has 0 saturated carbocycles. The molecule has 182 valence electrons. The fourth-order valence-electron chi connectivity index (χ4n) is 3.49. The maximum Gasteiger partial charge on any atom is 0.561 e. The number of anilines is 2. The fraction of sp³-hybridized carbons (Fsp3) is 0.190. The summed E-state index contributed by atoms with van der Waals surface area (Å²) in [5.74, 6) is -0.562. The maximum absolute atomic E-state index is 13.5. The van der Waals surface area contributed by atoms with Crippen molar-refractivity contribution in [1.82, 2.24) is 20.7 Å². The average Bonchev–Trinajstić information content (AvgIpc) is 3.30. The Morgan fingerprint density at radius 1 is 1.29 bits per heavy atom. The van der Waals surface area contributed by atoms with Crippen molar-refractivity contribution in [3.05, 3.63) is 69.8 Å². The van der Waals surface area contributed by atoms with Crippen LogP contribution < -0.4 is 21.4 Å². The van der Waals surface area contributed by atoms with Gasteiger partial charge in [0, 0.05) is 36.9 Å². The second-order valence-corrected chi connectivity index (χ2v) is 8.38. The summed E-state index contributed by atoms with van der Waals surface area (Å²) >= 11 is 3.12. The van der Waals surface area contributed by atoms with Crippen LogP contribution in [0, 0.1) is 5.82 Å². The van der Waals surface area contributed by atoms with E-state index in [1.165, 1.54) is 31.5 Å².